The monoisotopic (exact) mass is 692 g/mol. The number of methoxy groups -OCH3 is 1. The van der Waals surface area contributed by atoms with Crippen molar-refractivity contribution in [3.05, 3.63) is 107 Å². The van der Waals surface area contributed by atoms with Crippen molar-refractivity contribution >= 4 is 28.7 Å². The number of amides is 2. The minimum Gasteiger partial charge on any atom is -0.497 e. The van der Waals surface area contributed by atoms with Crippen molar-refractivity contribution in [1.29, 1.82) is 0 Å². The van der Waals surface area contributed by atoms with Crippen LogP contribution in [0.5, 0.6) is 5.75 Å². The predicted octanol–water partition coefficient (Wildman–Crippen LogP) is 7.46. The molecule has 0 bridgehead atoms. The Hall–Kier alpha value is -5.40. The van der Waals surface area contributed by atoms with Gasteiger partial charge in [0.05, 0.1) is 18.9 Å². The molecule has 3 aromatic heterocycles. The molecule has 7 rings (SSSR count). The third-order valence-corrected chi connectivity index (χ3v) is 9.37. The molecule has 2 N–H and O–H groups in total. The van der Waals surface area contributed by atoms with Crippen LogP contribution >= 0.6 is 0 Å². The number of carboxylic acid groups (broad SMARTS) is 1. The number of aromatic carboxylic acids is 1. The van der Waals surface area contributed by atoms with Crippen molar-refractivity contribution in [2.24, 2.45) is 0 Å². The molecular formula is C36H36F4N6O4. The fourth-order valence-corrected chi connectivity index (χ4v) is 6.58. The predicted molar refractivity (Wildman–Crippen MR) is 178 cm³/mol. The van der Waals surface area contributed by atoms with Gasteiger partial charge in [-0.25, -0.2) is 19.0 Å². The molecule has 2 aromatic carbocycles. The summed E-state index contributed by atoms with van der Waals surface area (Å²) in [5.41, 5.74) is 2.79. The molecule has 5 aromatic rings. The maximum atomic E-state index is 13.3. The number of alkyl halides is 3. The van der Waals surface area contributed by atoms with Crippen molar-refractivity contribution in [1.82, 2.24) is 24.6 Å². The number of rotatable bonds is 5. The lowest BCUT2D eigenvalue weighted by atomic mass is 9.77. The molecule has 1 fully saturated rings. The molecule has 5 heterocycles. The number of hydrogen-bond acceptors (Lipinski definition) is 5. The molecule has 14 heteroatoms. The van der Waals surface area contributed by atoms with E-state index in [1.165, 1.54) is 33.9 Å². The van der Waals surface area contributed by atoms with E-state index in [0.29, 0.717) is 17.7 Å². The van der Waals surface area contributed by atoms with E-state index >= 15 is 0 Å². The van der Waals surface area contributed by atoms with Gasteiger partial charge in [0.25, 0.3) is 0 Å². The number of carbonyl (C=O) groups is 2. The van der Waals surface area contributed by atoms with Crippen LogP contribution in [0.15, 0.2) is 73.2 Å². The number of urea groups is 1. The molecule has 2 aliphatic rings. The number of aromatic nitrogens is 4. The molecule has 262 valence electrons. The Labute approximate surface area is 285 Å². The van der Waals surface area contributed by atoms with Crippen molar-refractivity contribution in [3.8, 4) is 5.75 Å². The van der Waals surface area contributed by atoms with E-state index < -0.39 is 23.5 Å². The minimum absolute atomic E-state index is 0.0265. The summed E-state index contributed by atoms with van der Waals surface area (Å²) in [6, 6.07) is 13.6. The van der Waals surface area contributed by atoms with Crippen LogP contribution in [0.4, 0.5) is 28.0 Å². The average Bonchev–Trinajstić information content (AvgIpc) is 3.85. The zero-order valence-electron chi connectivity index (χ0n) is 27.7. The maximum absolute atomic E-state index is 13.3. The molecule has 0 saturated carbocycles. The van der Waals surface area contributed by atoms with Gasteiger partial charge < -0.3 is 19.3 Å². The van der Waals surface area contributed by atoms with Gasteiger partial charge in [-0.2, -0.15) is 18.3 Å². The van der Waals surface area contributed by atoms with E-state index in [0.717, 1.165) is 56.0 Å². The number of nitrogens with one attached hydrogen (secondary N) is 1. The van der Waals surface area contributed by atoms with Gasteiger partial charge in [-0.05, 0) is 77.4 Å². The van der Waals surface area contributed by atoms with Crippen molar-refractivity contribution in [3.63, 3.8) is 0 Å². The lowest BCUT2D eigenvalue weighted by Crippen LogP contribution is -2.47. The maximum Gasteiger partial charge on any atom is 0.417 e. The summed E-state index contributed by atoms with van der Waals surface area (Å²) < 4.78 is 58.2. The first-order valence-electron chi connectivity index (χ1n) is 16.0. The topological polar surface area (TPSA) is 117 Å². The number of hydrogen-bond donors (Lipinski definition) is 2. The molecule has 2 aliphatic heterocycles. The summed E-state index contributed by atoms with van der Waals surface area (Å²) in [4.78, 5) is 32.3. The number of H-pyrrole nitrogens is 1. The van der Waals surface area contributed by atoms with Crippen molar-refractivity contribution in [2.75, 3.05) is 31.6 Å². The molecular weight excluding hydrogens is 656 g/mol. The Kier molecular flexibility index (Phi) is 9.29. The molecule has 0 spiro atoms. The van der Waals surface area contributed by atoms with Gasteiger partial charge in [0.1, 0.15) is 22.9 Å². The van der Waals surface area contributed by atoms with Crippen LogP contribution in [0.25, 0.3) is 11.0 Å². The highest BCUT2D eigenvalue weighted by Crippen LogP contribution is 2.42. The first-order chi connectivity index (χ1) is 23.7. The highest BCUT2D eigenvalue weighted by Gasteiger charge is 2.38. The summed E-state index contributed by atoms with van der Waals surface area (Å²) >= 11 is 0. The summed E-state index contributed by atoms with van der Waals surface area (Å²) in [5.74, 6) is -0.590. The van der Waals surface area contributed by atoms with Gasteiger partial charge in [0, 0.05) is 55.6 Å². The second-order valence-corrected chi connectivity index (χ2v) is 13.1. The number of carboxylic acids is 1. The van der Waals surface area contributed by atoms with E-state index in [-0.39, 0.29) is 34.7 Å². The number of nitrogens with zero attached hydrogens (tertiary/aromatic N) is 5. The van der Waals surface area contributed by atoms with Gasteiger partial charge in [0.15, 0.2) is 0 Å². The molecule has 1 atom stereocenters. The highest BCUT2D eigenvalue weighted by atomic mass is 19.4. The fourth-order valence-electron chi connectivity index (χ4n) is 6.58. The van der Waals surface area contributed by atoms with E-state index in [4.69, 9.17) is 4.74 Å². The quantitative estimate of drug-likeness (QED) is 0.185. The number of anilines is 1. The number of likely N-dealkylation sites (tertiary alicyclic amines) is 1. The standard InChI is InChI=1S/C20H26N4O2.C16H10F4N2O2/c1-20(2)7-9-24(18-5-4-16(26-3)10-17(18)20)19(25)23-8-6-14(13-23)15-11-21-22-12-15;17-12-3-1-2-9(4-12)8-22-13(15(23)24)6-10-5-11(16(18,19)20)7-21-14(10)22/h4-5,10-12,14H,6-9,13H2,1-3H3,(H,21,22);1-7H,8H2,(H,23,24). The Balaban J connectivity index is 0.000000174. The van der Waals surface area contributed by atoms with Crippen LogP contribution in [-0.2, 0) is 18.1 Å². The largest absolute Gasteiger partial charge is 0.497 e. The smallest absolute Gasteiger partial charge is 0.417 e. The minimum atomic E-state index is -4.57. The number of carbonyl (C=O) groups excluding carboxylic acids is 1. The summed E-state index contributed by atoms with van der Waals surface area (Å²) in [6.45, 7) is 6.73. The van der Waals surface area contributed by atoms with E-state index in [2.05, 4.69) is 35.1 Å². The summed E-state index contributed by atoms with van der Waals surface area (Å²) in [5, 5.41) is 16.2. The van der Waals surface area contributed by atoms with Gasteiger partial charge in [-0.1, -0.05) is 26.0 Å². The van der Waals surface area contributed by atoms with Crippen LogP contribution < -0.4 is 9.64 Å². The average molecular weight is 693 g/mol. The Morgan fingerprint density at radius 1 is 1.08 bits per heavy atom. The lowest BCUT2D eigenvalue weighted by molar-refractivity contribution is -0.137. The number of ether oxygens (including phenoxy) is 1. The molecule has 0 radical (unpaired) electrons. The van der Waals surface area contributed by atoms with E-state index in [1.54, 1.807) is 13.2 Å². The highest BCUT2D eigenvalue weighted by molar-refractivity contribution is 5.94. The van der Waals surface area contributed by atoms with Crippen molar-refractivity contribution in [2.45, 2.75) is 50.7 Å². The summed E-state index contributed by atoms with van der Waals surface area (Å²) in [6.07, 6.45) is 1.80. The SMILES string of the molecule is COc1ccc2c(c1)C(C)(C)CCN2C(=O)N1CCC(c2cn[nH]c2)C1.O=C(O)c1cc2cc(C(F)(F)F)cnc2n1Cc1cccc(F)c1. The fraction of sp³-hybridized carbons (Fsp3) is 0.333. The van der Waals surface area contributed by atoms with Gasteiger partial charge in [0.2, 0.25) is 0 Å². The zero-order valence-corrected chi connectivity index (χ0v) is 27.7. The van der Waals surface area contributed by atoms with Crippen LogP contribution in [-0.4, -0.2) is 68.5 Å². The van der Waals surface area contributed by atoms with E-state index in [1.807, 2.05) is 34.3 Å². The summed E-state index contributed by atoms with van der Waals surface area (Å²) in [7, 11) is 1.68. The molecule has 50 heavy (non-hydrogen) atoms. The third kappa shape index (κ3) is 7.00. The Morgan fingerprint density at radius 3 is 2.56 bits per heavy atom. The number of halogens is 4. The number of benzene rings is 2. The lowest BCUT2D eigenvalue weighted by Gasteiger charge is -2.40. The van der Waals surface area contributed by atoms with Gasteiger partial charge in [-0.3, -0.25) is 10.00 Å². The van der Waals surface area contributed by atoms with Gasteiger partial charge in [-0.15, -0.1) is 0 Å². The van der Waals surface area contributed by atoms with Crippen LogP contribution in [0.3, 0.4) is 0 Å². The molecule has 0 aliphatic carbocycles. The van der Waals surface area contributed by atoms with Crippen LogP contribution in [0.2, 0.25) is 0 Å². The van der Waals surface area contributed by atoms with Gasteiger partial charge >= 0.3 is 18.2 Å². The van der Waals surface area contributed by atoms with Crippen LogP contribution in [0.1, 0.15) is 65.3 Å². The normalized spacial score (nSPS) is 16.9. The third-order valence-electron chi connectivity index (χ3n) is 9.37. The number of fused-ring (bicyclic) bond motifs is 2. The number of aromatic amines is 1. The van der Waals surface area contributed by atoms with Crippen molar-refractivity contribution < 1.29 is 37.0 Å². The Morgan fingerprint density at radius 2 is 1.88 bits per heavy atom. The zero-order chi connectivity index (χ0) is 35.8. The Bertz CT molecular complexity index is 2020. The molecule has 1 saturated heterocycles. The van der Waals surface area contributed by atoms with Crippen LogP contribution in [0, 0.1) is 5.82 Å². The molecule has 2 amide bonds. The number of pyridine rings is 1. The second-order valence-electron chi connectivity index (χ2n) is 13.1. The first kappa shape index (κ1) is 34.5. The molecule has 10 nitrogen and oxygen atoms in total. The first-order valence-corrected chi connectivity index (χ1v) is 16.0. The molecule has 1 unspecified atom stereocenters. The van der Waals surface area contributed by atoms with E-state index in [9.17, 15) is 32.3 Å². The second kappa shape index (κ2) is 13.5.